The molecule has 2 aromatic rings. The van der Waals surface area contributed by atoms with Gasteiger partial charge in [0.1, 0.15) is 0 Å². The zero-order chi connectivity index (χ0) is 19.6. The second-order valence-corrected chi connectivity index (χ2v) is 7.97. The van der Waals surface area contributed by atoms with Gasteiger partial charge in [0.05, 0.1) is 24.1 Å². The fraction of sp³-hybridized carbons (Fsp3) is 0.476. The molecule has 1 atom stereocenters. The summed E-state index contributed by atoms with van der Waals surface area (Å²) in [5.74, 6) is 0.208. The van der Waals surface area contributed by atoms with Gasteiger partial charge >= 0.3 is 0 Å². The molecule has 7 heteroatoms. The van der Waals surface area contributed by atoms with Crippen molar-refractivity contribution in [2.24, 2.45) is 5.41 Å². The average molecular weight is 379 g/mol. The van der Waals surface area contributed by atoms with E-state index in [1.165, 1.54) is 0 Å². The van der Waals surface area contributed by atoms with Gasteiger partial charge in [0.15, 0.2) is 0 Å². The minimum absolute atomic E-state index is 0.0347. The Balaban J connectivity index is 1.48. The summed E-state index contributed by atoms with van der Waals surface area (Å²) in [6.07, 6.45) is 10.1. The van der Waals surface area contributed by atoms with Crippen molar-refractivity contribution in [3.63, 3.8) is 0 Å². The molecule has 0 N–H and O–H groups in total. The molecule has 0 radical (unpaired) electrons. The van der Waals surface area contributed by atoms with Gasteiger partial charge in [-0.1, -0.05) is 0 Å². The zero-order valence-corrected chi connectivity index (χ0v) is 16.2. The predicted molar refractivity (Wildman–Crippen MR) is 103 cm³/mol. The molecule has 2 aliphatic rings. The molecular weight excluding hydrogens is 354 g/mol. The smallest absolute Gasteiger partial charge is 0.253 e. The largest absolute Gasteiger partial charge is 0.338 e. The number of pyridine rings is 1. The Morgan fingerprint density at radius 2 is 1.96 bits per heavy atom. The highest BCUT2D eigenvalue weighted by Gasteiger charge is 2.42. The van der Waals surface area contributed by atoms with Gasteiger partial charge < -0.3 is 9.80 Å². The molecule has 0 aromatic carbocycles. The molecule has 2 amide bonds. The standard InChI is InChI=1S/C21H25N5O2/c1-16-11-24-18(12-23-16)13-26-15-21(7-3-19(26)27)6-2-10-25(14-21)20(28)17-4-8-22-9-5-17/h4-5,8-9,11-12H,2-3,6-7,10,13-15H2,1H3/t21-/m1/s1. The van der Waals surface area contributed by atoms with Crippen molar-refractivity contribution in [2.75, 3.05) is 19.6 Å². The van der Waals surface area contributed by atoms with E-state index in [-0.39, 0.29) is 17.2 Å². The first kappa shape index (κ1) is 18.5. The highest BCUT2D eigenvalue weighted by atomic mass is 16.2. The summed E-state index contributed by atoms with van der Waals surface area (Å²) in [5, 5.41) is 0. The van der Waals surface area contributed by atoms with Crippen LogP contribution in [0.15, 0.2) is 36.9 Å². The van der Waals surface area contributed by atoms with E-state index in [1.54, 1.807) is 36.9 Å². The van der Waals surface area contributed by atoms with Crippen LogP contribution in [0.2, 0.25) is 0 Å². The number of amides is 2. The lowest BCUT2D eigenvalue weighted by atomic mass is 9.73. The van der Waals surface area contributed by atoms with Crippen molar-refractivity contribution >= 4 is 11.8 Å². The number of aryl methyl sites for hydroxylation is 1. The SMILES string of the molecule is Cc1cnc(CN2C[C@]3(CCCN(C(=O)c4ccncc4)C3)CCC2=O)cn1. The van der Waals surface area contributed by atoms with Crippen LogP contribution >= 0.6 is 0 Å². The van der Waals surface area contributed by atoms with Crippen LogP contribution in [0, 0.1) is 12.3 Å². The predicted octanol–water partition coefficient (Wildman–Crippen LogP) is 2.23. The quantitative estimate of drug-likeness (QED) is 0.817. The van der Waals surface area contributed by atoms with Crippen molar-refractivity contribution in [2.45, 2.75) is 39.2 Å². The average Bonchev–Trinajstić information content (AvgIpc) is 2.73. The molecule has 1 spiro atoms. The third kappa shape index (κ3) is 3.88. The Labute approximate surface area is 164 Å². The van der Waals surface area contributed by atoms with Crippen LogP contribution in [-0.2, 0) is 11.3 Å². The third-order valence-corrected chi connectivity index (χ3v) is 5.81. The van der Waals surface area contributed by atoms with E-state index in [0.29, 0.717) is 31.6 Å². The van der Waals surface area contributed by atoms with Crippen molar-refractivity contribution in [1.82, 2.24) is 24.8 Å². The van der Waals surface area contributed by atoms with E-state index in [0.717, 1.165) is 37.2 Å². The number of carbonyl (C=O) groups excluding carboxylic acids is 2. The van der Waals surface area contributed by atoms with Gasteiger partial charge in [-0.3, -0.25) is 24.5 Å². The van der Waals surface area contributed by atoms with Crippen LogP contribution < -0.4 is 0 Å². The summed E-state index contributed by atoms with van der Waals surface area (Å²) in [5.41, 5.74) is 2.30. The van der Waals surface area contributed by atoms with Crippen LogP contribution in [0.25, 0.3) is 0 Å². The normalized spacial score (nSPS) is 22.5. The first-order valence-corrected chi connectivity index (χ1v) is 9.79. The maximum absolute atomic E-state index is 12.9. The van der Waals surface area contributed by atoms with Crippen molar-refractivity contribution in [3.8, 4) is 0 Å². The van der Waals surface area contributed by atoms with Gasteiger partial charge in [0.25, 0.3) is 5.91 Å². The topological polar surface area (TPSA) is 79.3 Å². The molecule has 0 bridgehead atoms. The number of hydrogen-bond acceptors (Lipinski definition) is 5. The Kier molecular flexibility index (Phi) is 5.07. The van der Waals surface area contributed by atoms with Crippen LogP contribution in [0.3, 0.4) is 0 Å². The second kappa shape index (κ2) is 7.66. The Hall–Kier alpha value is -2.83. The molecule has 2 aromatic heterocycles. The summed E-state index contributed by atoms with van der Waals surface area (Å²) in [7, 11) is 0. The monoisotopic (exact) mass is 379 g/mol. The van der Waals surface area contributed by atoms with Gasteiger partial charge in [-0.15, -0.1) is 0 Å². The molecule has 4 heterocycles. The number of rotatable bonds is 3. The third-order valence-electron chi connectivity index (χ3n) is 5.81. The van der Waals surface area contributed by atoms with Crippen molar-refractivity contribution in [1.29, 1.82) is 0 Å². The molecule has 0 unspecified atom stereocenters. The van der Waals surface area contributed by atoms with Crippen LogP contribution in [0.5, 0.6) is 0 Å². The van der Waals surface area contributed by atoms with Gasteiger partial charge in [-0.05, 0) is 38.3 Å². The van der Waals surface area contributed by atoms with E-state index in [9.17, 15) is 9.59 Å². The lowest BCUT2D eigenvalue weighted by Gasteiger charge is -2.48. The highest BCUT2D eigenvalue weighted by Crippen LogP contribution is 2.39. The Bertz CT molecular complexity index is 855. The summed E-state index contributed by atoms with van der Waals surface area (Å²) in [6.45, 7) is 4.50. The number of hydrogen-bond donors (Lipinski definition) is 0. The summed E-state index contributed by atoms with van der Waals surface area (Å²) in [6, 6.07) is 3.52. The van der Waals surface area contributed by atoms with Gasteiger partial charge in [-0.25, -0.2) is 0 Å². The fourth-order valence-electron chi connectivity index (χ4n) is 4.33. The van der Waals surface area contributed by atoms with E-state index in [2.05, 4.69) is 15.0 Å². The Morgan fingerprint density at radius 3 is 2.71 bits per heavy atom. The molecule has 0 saturated carbocycles. The molecular formula is C21H25N5O2. The summed E-state index contributed by atoms with van der Waals surface area (Å²) in [4.78, 5) is 41.9. The number of nitrogens with zero attached hydrogens (tertiary/aromatic N) is 5. The van der Waals surface area contributed by atoms with Gasteiger partial charge in [-0.2, -0.15) is 0 Å². The number of likely N-dealkylation sites (tertiary alicyclic amines) is 2. The Morgan fingerprint density at radius 1 is 1.14 bits per heavy atom. The number of carbonyl (C=O) groups is 2. The molecule has 2 fully saturated rings. The minimum Gasteiger partial charge on any atom is -0.338 e. The minimum atomic E-state index is -0.0347. The van der Waals surface area contributed by atoms with Crippen molar-refractivity contribution < 1.29 is 9.59 Å². The van der Waals surface area contributed by atoms with Crippen LogP contribution in [-0.4, -0.2) is 56.2 Å². The molecule has 0 aliphatic carbocycles. The van der Waals surface area contributed by atoms with Crippen LogP contribution in [0.4, 0.5) is 0 Å². The van der Waals surface area contributed by atoms with E-state index in [4.69, 9.17) is 0 Å². The highest BCUT2D eigenvalue weighted by molar-refractivity contribution is 5.94. The molecule has 28 heavy (non-hydrogen) atoms. The zero-order valence-electron chi connectivity index (χ0n) is 16.2. The molecule has 7 nitrogen and oxygen atoms in total. The fourth-order valence-corrected chi connectivity index (χ4v) is 4.33. The van der Waals surface area contributed by atoms with Gasteiger partial charge in [0, 0.05) is 55.6 Å². The lowest BCUT2D eigenvalue weighted by Crippen LogP contribution is -2.54. The summed E-state index contributed by atoms with van der Waals surface area (Å²) >= 11 is 0. The van der Waals surface area contributed by atoms with Gasteiger partial charge in [0.2, 0.25) is 5.91 Å². The molecule has 2 saturated heterocycles. The number of aromatic nitrogens is 3. The number of piperidine rings is 2. The first-order chi connectivity index (χ1) is 13.5. The van der Waals surface area contributed by atoms with Crippen LogP contribution in [0.1, 0.15) is 47.4 Å². The van der Waals surface area contributed by atoms with Crippen molar-refractivity contribution in [3.05, 3.63) is 53.9 Å². The maximum atomic E-state index is 12.9. The van der Waals surface area contributed by atoms with E-state index < -0.39 is 0 Å². The first-order valence-electron chi connectivity index (χ1n) is 9.79. The lowest BCUT2D eigenvalue weighted by molar-refractivity contribution is -0.139. The maximum Gasteiger partial charge on any atom is 0.253 e. The summed E-state index contributed by atoms with van der Waals surface area (Å²) < 4.78 is 0. The molecule has 146 valence electrons. The van der Waals surface area contributed by atoms with E-state index >= 15 is 0 Å². The molecule has 2 aliphatic heterocycles. The second-order valence-electron chi connectivity index (χ2n) is 7.97. The van der Waals surface area contributed by atoms with E-state index in [1.807, 2.05) is 16.7 Å². The molecule has 4 rings (SSSR count).